The molecular formula is C17H13ClN6. The van der Waals surface area contributed by atoms with Gasteiger partial charge in [0, 0.05) is 29.5 Å². The lowest BCUT2D eigenvalue weighted by Gasteiger charge is -2.07. The number of anilines is 1. The van der Waals surface area contributed by atoms with Gasteiger partial charge >= 0.3 is 0 Å². The molecule has 0 amide bonds. The van der Waals surface area contributed by atoms with Crippen molar-refractivity contribution in [2.75, 3.05) is 5.32 Å². The van der Waals surface area contributed by atoms with Crippen molar-refractivity contribution >= 4 is 23.1 Å². The van der Waals surface area contributed by atoms with Gasteiger partial charge < -0.3 is 5.32 Å². The third kappa shape index (κ3) is 2.79. The number of hydrogen-bond donors (Lipinski definition) is 1. The average molecular weight is 337 g/mol. The molecule has 0 bridgehead atoms. The van der Waals surface area contributed by atoms with Crippen molar-refractivity contribution in [3.05, 3.63) is 71.5 Å². The van der Waals surface area contributed by atoms with Gasteiger partial charge in [0.25, 0.3) is 0 Å². The second-order valence-electron chi connectivity index (χ2n) is 5.20. The molecule has 3 heterocycles. The number of pyridine rings is 1. The van der Waals surface area contributed by atoms with Gasteiger partial charge in [-0.2, -0.15) is 4.52 Å². The first-order valence-electron chi connectivity index (χ1n) is 7.41. The van der Waals surface area contributed by atoms with Crippen molar-refractivity contribution in [3.8, 4) is 11.4 Å². The highest BCUT2D eigenvalue weighted by molar-refractivity contribution is 6.31. The molecule has 6 nitrogen and oxygen atoms in total. The number of benzene rings is 1. The molecule has 118 valence electrons. The Kier molecular flexibility index (Phi) is 3.80. The van der Waals surface area contributed by atoms with Crippen molar-refractivity contribution in [3.63, 3.8) is 0 Å². The normalized spacial score (nSPS) is 10.9. The topological polar surface area (TPSA) is 68.0 Å². The van der Waals surface area contributed by atoms with E-state index in [0.29, 0.717) is 23.8 Å². The lowest BCUT2D eigenvalue weighted by atomic mass is 10.2. The Morgan fingerprint density at radius 2 is 1.92 bits per heavy atom. The van der Waals surface area contributed by atoms with Crippen LogP contribution in [0.1, 0.15) is 5.56 Å². The van der Waals surface area contributed by atoms with Gasteiger partial charge in [0.05, 0.1) is 0 Å². The number of aromatic nitrogens is 5. The summed E-state index contributed by atoms with van der Waals surface area (Å²) in [7, 11) is 0. The minimum absolute atomic E-state index is 0.586. The van der Waals surface area contributed by atoms with E-state index in [1.807, 2.05) is 48.5 Å². The summed E-state index contributed by atoms with van der Waals surface area (Å²) in [5.74, 6) is 1.37. The van der Waals surface area contributed by atoms with Crippen LogP contribution >= 0.6 is 11.6 Å². The third-order valence-corrected chi connectivity index (χ3v) is 3.97. The summed E-state index contributed by atoms with van der Waals surface area (Å²) >= 11 is 6.18. The lowest BCUT2D eigenvalue weighted by Crippen LogP contribution is -2.05. The molecule has 0 aliphatic carbocycles. The first-order chi connectivity index (χ1) is 11.8. The van der Waals surface area contributed by atoms with E-state index >= 15 is 0 Å². The fourth-order valence-corrected chi connectivity index (χ4v) is 2.59. The summed E-state index contributed by atoms with van der Waals surface area (Å²) in [5.41, 5.74) is 2.55. The predicted octanol–water partition coefficient (Wildman–Crippen LogP) is 3.45. The molecule has 0 saturated carbocycles. The summed E-state index contributed by atoms with van der Waals surface area (Å²) < 4.78 is 1.70. The van der Waals surface area contributed by atoms with Crippen molar-refractivity contribution in [2.45, 2.75) is 6.54 Å². The molecule has 0 radical (unpaired) electrons. The van der Waals surface area contributed by atoms with Crippen LogP contribution in [0.2, 0.25) is 5.02 Å². The quantitative estimate of drug-likeness (QED) is 0.618. The maximum absolute atomic E-state index is 6.18. The first kappa shape index (κ1) is 14.6. The Bertz CT molecular complexity index is 983. The van der Waals surface area contributed by atoms with Gasteiger partial charge in [-0.1, -0.05) is 29.8 Å². The Morgan fingerprint density at radius 1 is 1.00 bits per heavy atom. The summed E-state index contributed by atoms with van der Waals surface area (Å²) in [6.45, 7) is 0.586. The molecule has 4 aromatic rings. The van der Waals surface area contributed by atoms with Gasteiger partial charge in [-0.25, -0.2) is 0 Å². The van der Waals surface area contributed by atoms with Crippen molar-refractivity contribution < 1.29 is 0 Å². The fraction of sp³-hybridized carbons (Fsp3) is 0.0588. The minimum atomic E-state index is 0.586. The zero-order chi connectivity index (χ0) is 16.4. The van der Waals surface area contributed by atoms with Crippen molar-refractivity contribution in [1.29, 1.82) is 0 Å². The van der Waals surface area contributed by atoms with Gasteiger partial charge in [0.1, 0.15) is 5.82 Å². The highest BCUT2D eigenvalue weighted by Gasteiger charge is 2.10. The summed E-state index contributed by atoms with van der Waals surface area (Å²) in [5, 5.41) is 16.9. The fourth-order valence-electron chi connectivity index (χ4n) is 2.39. The van der Waals surface area contributed by atoms with Crippen LogP contribution in [0, 0.1) is 0 Å². The predicted molar refractivity (Wildman–Crippen MR) is 92.8 cm³/mol. The van der Waals surface area contributed by atoms with Crippen molar-refractivity contribution in [2.24, 2.45) is 0 Å². The summed E-state index contributed by atoms with van der Waals surface area (Å²) in [6, 6.07) is 15.2. The minimum Gasteiger partial charge on any atom is -0.364 e. The Balaban J connectivity index is 1.64. The molecule has 1 N–H and O–H groups in total. The third-order valence-electron chi connectivity index (χ3n) is 3.60. The molecule has 1 aromatic carbocycles. The maximum atomic E-state index is 6.18. The van der Waals surface area contributed by atoms with Crippen LogP contribution in [0.4, 0.5) is 5.82 Å². The molecule has 0 saturated heterocycles. The molecular weight excluding hydrogens is 324 g/mol. The number of fused-ring (bicyclic) bond motifs is 1. The molecule has 0 fully saturated rings. The van der Waals surface area contributed by atoms with Gasteiger partial charge in [-0.3, -0.25) is 4.98 Å². The molecule has 0 aliphatic heterocycles. The molecule has 0 atom stereocenters. The Morgan fingerprint density at radius 3 is 2.75 bits per heavy atom. The zero-order valence-corrected chi connectivity index (χ0v) is 13.4. The van der Waals surface area contributed by atoms with Gasteiger partial charge in [0.2, 0.25) is 0 Å². The molecule has 7 heteroatoms. The number of rotatable bonds is 4. The molecule has 4 rings (SSSR count). The van der Waals surface area contributed by atoms with Gasteiger partial charge in [0.15, 0.2) is 11.5 Å². The molecule has 24 heavy (non-hydrogen) atoms. The van der Waals surface area contributed by atoms with Crippen LogP contribution in [0.15, 0.2) is 60.9 Å². The van der Waals surface area contributed by atoms with Crippen LogP contribution in [0.3, 0.4) is 0 Å². The zero-order valence-electron chi connectivity index (χ0n) is 12.6. The van der Waals surface area contributed by atoms with Crippen LogP contribution in [-0.2, 0) is 6.54 Å². The van der Waals surface area contributed by atoms with Gasteiger partial charge in [-0.15, -0.1) is 15.3 Å². The monoisotopic (exact) mass is 336 g/mol. The summed E-state index contributed by atoms with van der Waals surface area (Å²) in [6.07, 6.45) is 3.46. The molecule has 3 aromatic heterocycles. The van der Waals surface area contributed by atoms with Crippen molar-refractivity contribution in [1.82, 2.24) is 24.8 Å². The van der Waals surface area contributed by atoms with E-state index in [-0.39, 0.29) is 0 Å². The second kappa shape index (κ2) is 6.25. The van der Waals surface area contributed by atoms with E-state index in [1.54, 1.807) is 16.9 Å². The highest BCUT2D eigenvalue weighted by Crippen LogP contribution is 2.19. The largest absolute Gasteiger partial charge is 0.364 e. The van der Waals surface area contributed by atoms with Gasteiger partial charge in [-0.05, 0) is 35.9 Å². The first-order valence-corrected chi connectivity index (χ1v) is 7.79. The Labute approximate surface area is 143 Å². The van der Waals surface area contributed by atoms with E-state index in [2.05, 4.69) is 25.6 Å². The number of halogens is 1. The van der Waals surface area contributed by atoms with E-state index in [9.17, 15) is 0 Å². The Hall–Kier alpha value is -2.99. The molecule has 0 spiro atoms. The summed E-state index contributed by atoms with van der Waals surface area (Å²) in [4.78, 5) is 4.12. The molecule has 0 aliphatic rings. The van der Waals surface area contributed by atoms with E-state index in [1.165, 1.54) is 0 Å². The van der Waals surface area contributed by atoms with Crippen LogP contribution < -0.4 is 5.32 Å². The van der Waals surface area contributed by atoms with E-state index in [0.717, 1.165) is 16.1 Å². The number of nitrogens with one attached hydrogen (secondary N) is 1. The van der Waals surface area contributed by atoms with E-state index < -0.39 is 0 Å². The SMILES string of the molecule is Clc1ccccc1CNc1ccc2nnc(-c3cccnc3)n2n1. The lowest BCUT2D eigenvalue weighted by molar-refractivity contribution is 0.924. The van der Waals surface area contributed by atoms with E-state index in [4.69, 9.17) is 11.6 Å². The van der Waals surface area contributed by atoms with Crippen LogP contribution in [-0.4, -0.2) is 24.8 Å². The number of nitrogens with zero attached hydrogens (tertiary/aromatic N) is 5. The standard InChI is InChI=1S/C17H13ClN6/c18-14-6-2-1-4-12(14)11-20-15-7-8-16-21-22-17(24(16)23-15)13-5-3-9-19-10-13/h1-10H,11H2,(H,20,23). The highest BCUT2D eigenvalue weighted by atomic mass is 35.5. The maximum Gasteiger partial charge on any atom is 0.187 e. The molecule has 0 unspecified atom stereocenters. The smallest absolute Gasteiger partial charge is 0.187 e. The van der Waals surface area contributed by atoms with Crippen LogP contribution in [0.25, 0.3) is 17.0 Å². The van der Waals surface area contributed by atoms with Crippen LogP contribution in [0.5, 0.6) is 0 Å². The number of hydrogen-bond acceptors (Lipinski definition) is 5. The average Bonchev–Trinajstić information content (AvgIpc) is 3.05. The second-order valence-corrected chi connectivity index (χ2v) is 5.61.